The molecule has 0 aromatic rings. The molecule has 7 nitrogen and oxygen atoms in total. The van der Waals surface area contributed by atoms with Gasteiger partial charge >= 0.3 is 5.97 Å². The number of aldehydes is 1. The van der Waals surface area contributed by atoms with Gasteiger partial charge in [-0.1, -0.05) is 13.0 Å². The fourth-order valence-corrected chi connectivity index (χ4v) is 8.48. The molecule has 7 heteroatoms. The van der Waals surface area contributed by atoms with E-state index >= 15 is 0 Å². The number of nitrogens with two attached hydrogens (primary N) is 1. The first kappa shape index (κ1) is 18.9. The zero-order chi connectivity index (χ0) is 20.8. The van der Waals surface area contributed by atoms with Gasteiger partial charge in [0, 0.05) is 30.1 Å². The monoisotopic (exact) mass is 399 g/mol. The van der Waals surface area contributed by atoms with Crippen LogP contribution < -0.4 is 5.73 Å². The molecule has 5 aliphatic rings. The number of carboxylic acids is 1. The number of carbonyl (C=O) groups is 2. The molecule has 6 atom stereocenters. The summed E-state index contributed by atoms with van der Waals surface area (Å²) in [7, 11) is 1.68. The number of rotatable bonds is 2. The van der Waals surface area contributed by atoms with Crippen molar-refractivity contribution in [1.29, 1.82) is 0 Å². The number of carboxylic acid groups (broad SMARTS) is 1. The van der Waals surface area contributed by atoms with E-state index in [0.29, 0.717) is 24.6 Å². The fourth-order valence-electron chi connectivity index (χ4n) is 8.48. The van der Waals surface area contributed by atoms with Gasteiger partial charge in [-0.15, -0.1) is 0 Å². The summed E-state index contributed by atoms with van der Waals surface area (Å²) in [6.07, 6.45) is 10.1. The minimum atomic E-state index is -1.92. The molecule has 3 fully saturated rings. The van der Waals surface area contributed by atoms with Crippen molar-refractivity contribution >= 4 is 18.2 Å². The molecule has 0 saturated heterocycles. The van der Waals surface area contributed by atoms with Gasteiger partial charge in [0.05, 0.1) is 5.57 Å². The van der Waals surface area contributed by atoms with Gasteiger partial charge in [-0.25, -0.2) is 4.79 Å². The highest BCUT2D eigenvalue weighted by molar-refractivity contribution is 5.98. The highest BCUT2D eigenvalue weighted by Gasteiger charge is 2.80. The minimum Gasteiger partial charge on any atom is -0.478 e. The molecule has 0 unspecified atom stereocenters. The Labute approximate surface area is 170 Å². The number of aliphatic imine (C=N–C) groups is 1. The zero-order valence-corrected chi connectivity index (χ0v) is 17.0. The second-order valence-corrected chi connectivity index (χ2v) is 9.96. The maximum absolute atomic E-state index is 12.3. The number of aliphatic hydroxyl groups is 1. The molecule has 3 saturated carbocycles. The Morgan fingerprint density at radius 1 is 1.38 bits per heavy atom. The van der Waals surface area contributed by atoms with Crippen molar-refractivity contribution in [3.05, 3.63) is 23.4 Å². The van der Waals surface area contributed by atoms with Crippen molar-refractivity contribution in [2.24, 2.45) is 32.9 Å². The fraction of sp³-hybridized carbons (Fsp3) is 0.682. The van der Waals surface area contributed by atoms with Gasteiger partial charge in [0.2, 0.25) is 0 Å². The lowest BCUT2D eigenvalue weighted by molar-refractivity contribution is -0.184. The van der Waals surface area contributed by atoms with E-state index in [0.717, 1.165) is 37.7 Å². The molecule has 0 aromatic heterocycles. The highest BCUT2D eigenvalue weighted by Crippen LogP contribution is 2.83. The summed E-state index contributed by atoms with van der Waals surface area (Å²) >= 11 is 0. The van der Waals surface area contributed by atoms with Crippen molar-refractivity contribution in [2.75, 3.05) is 7.05 Å². The van der Waals surface area contributed by atoms with Gasteiger partial charge in [-0.2, -0.15) is 0 Å². The summed E-state index contributed by atoms with van der Waals surface area (Å²) in [6.45, 7) is 2.25. The van der Waals surface area contributed by atoms with E-state index in [-0.39, 0.29) is 28.9 Å². The van der Waals surface area contributed by atoms with E-state index in [4.69, 9.17) is 5.73 Å². The second-order valence-electron chi connectivity index (χ2n) is 9.96. The number of nitrogens with zero attached hydrogens (tertiary/aromatic N) is 2. The number of hydrogen-bond donors (Lipinski definition) is 3. The number of hydrogen-bond acceptors (Lipinski definition) is 4. The van der Waals surface area contributed by atoms with Gasteiger partial charge in [0.25, 0.3) is 0 Å². The van der Waals surface area contributed by atoms with Gasteiger partial charge in [0.15, 0.2) is 17.8 Å². The average Bonchev–Trinajstić information content (AvgIpc) is 3.06. The summed E-state index contributed by atoms with van der Waals surface area (Å²) in [4.78, 5) is 30.6. The van der Waals surface area contributed by atoms with E-state index in [1.165, 1.54) is 0 Å². The topological polar surface area (TPSA) is 116 Å². The largest absolute Gasteiger partial charge is 0.478 e. The maximum atomic E-state index is 12.3. The molecule has 156 valence electrons. The predicted molar refractivity (Wildman–Crippen MR) is 107 cm³/mol. The number of aliphatic carboxylic acids is 1. The summed E-state index contributed by atoms with van der Waals surface area (Å²) in [5.74, 6) is -0.382. The Morgan fingerprint density at radius 3 is 2.76 bits per heavy atom. The van der Waals surface area contributed by atoms with Crippen LogP contribution in [-0.4, -0.2) is 52.0 Å². The van der Waals surface area contributed by atoms with Crippen molar-refractivity contribution < 1.29 is 19.8 Å². The Hall–Kier alpha value is -2.15. The molecule has 1 aliphatic heterocycles. The van der Waals surface area contributed by atoms with Crippen LogP contribution in [0.4, 0.5) is 0 Å². The van der Waals surface area contributed by atoms with Crippen LogP contribution >= 0.6 is 0 Å². The third kappa shape index (κ3) is 1.82. The molecule has 4 aliphatic carbocycles. The summed E-state index contributed by atoms with van der Waals surface area (Å²) in [6, 6.07) is 0.0936. The number of carbonyl (C=O) groups excluding carboxylic acids is 1. The van der Waals surface area contributed by atoms with Crippen LogP contribution in [0.2, 0.25) is 0 Å². The molecular weight excluding hydrogens is 370 g/mol. The molecule has 2 spiro atoms. The second kappa shape index (κ2) is 5.50. The van der Waals surface area contributed by atoms with Gasteiger partial charge in [-0.3, -0.25) is 9.79 Å². The van der Waals surface area contributed by atoms with Crippen molar-refractivity contribution in [2.45, 2.75) is 63.5 Å². The third-order valence-corrected chi connectivity index (χ3v) is 9.36. The van der Waals surface area contributed by atoms with Crippen molar-refractivity contribution in [3.63, 3.8) is 0 Å². The lowest BCUT2D eigenvalue weighted by atomic mass is 9.37. The van der Waals surface area contributed by atoms with Gasteiger partial charge in [0.1, 0.15) is 0 Å². The van der Waals surface area contributed by atoms with E-state index in [1.807, 2.05) is 6.20 Å². The lowest BCUT2D eigenvalue weighted by Gasteiger charge is -2.69. The van der Waals surface area contributed by atoms with E-state index in [2.05, 4.69) is 22.9 Å². The summed E-state index contributed by atoms with van der Waals surface area (Å²) in [5.41, 5.74) is 4.23. The van der Waals surface area contributed by atoms with Gasteiger partial charge < -0.3 is 20.8 Å². The molecule has 29 heavy (non-hydrogen) atoms. The van der Waals surface area contributed by atoms with Gasteiger partial charge in [-0.05, 0) is 61.9 Å². The molecule has 0 amide bonds. The van der Waals surface area contributed by atoms with Crippen LogP contribution in [0, 0.1) is 22.2 Å². The Morgan fingerprint density at radius 2 is 2.10 bits per heavy atom. The average molecular weight is 399 g/mol. The van der Waals surface area contributed by atoms with Crippen LogP contribution in [0.25, 0.3) is 0 Å². The zero-order valence-electron chi connectivity index (χ0n) is 17.0. The third-order valence-electron chi connectivity index (χ3n) is 9.36. The normalized spacial score (nSPS) is 47.8. The SMILES string of the molecule is CN=C(N)N1C=CC[C@]23[C@@H]4CC[C@@](C)(CC[C@@H]12)[C@]31C[C@@](O)(C=O)C(C(=O)O)=C1C4. The number of guanidine groups is 1. The quantitative estimate of drug-likeness (QED) is 0.371. The van der Waals surface area contributed by atoms with Crippen LogP contribution in [-0.2, 0) is 9.59 Å². The lowest BCUT2D eigenvalue weighted by Crippen LogP contribution is -2.68. The molecule has 4 N–H and O–H groups in total. The van der Waals surface area contributed by atoms with Crippen molar-refractivity contribution in [1.82, 2.24) is 4.90 Å². The standard InChI is InChI=1S/C22H29N3O4/c1-19-7-4-13-10-14-16(17(27)28)20(29,12-26)11-22(14,19)21(13)6-3-9-25(18(23)24-2)15(21)5-8-19/h3,9,12-13,15,29H,4-8,10-11H2,1-2H3,(H2,23,24)(H,27,28)/t13-,15-,19+,20-,21+,22-/m1/s1. The first-order valence-corrected chi connectivity index (χ1v) is 10.5. The molecule has 1 heterocycles. The Kier molecular flexibility index (Phi) is 3.58. The molecule has 0 radical (unpaired) electrons. The maximum Gasteiger partial charge on any atom is 0.334 e. The Bertz CT molecular complexity index is 910. The molecule has 4 bridgehead atoms. The van der Waals surface area contributed by atoms with E-state index < -0.39 is 17.0 Å². The summed E-state index contributed by atoms with van der Waals surface area (Å²) < 4.78 is 0. The van der Waals surface area contributed by atoms with Crippen LogP contribution in [0.1, 0.15) is 51.9 Å². The van der Waals surface area contributed by atoms with Crippen LogP contribution in [0.5, 0.6) is 0 Å². The van der Waals surface area contributed by atoms with Crippen LogP contribution in [0.15, 0.2) is 28.4 Å². The minimum absolute atomic E-state index is 0.0543. The van der Waals surface area contributed by atoms with E-state index in [9.17, 15) is 19.8 Å². The first-order valence-electron chi connectivity index (χ1n) is 10.5. The highest BCUT2D eigenvalue weighted by atomic mass is 16.4. The predicted octanol–water partition coefficient (Wildman–Crippen LogP) is 1.82. The molecular formula is C22H29N3O4. The van der Waals surface area contributed by atoms with E-state index in [1.54, 1.807) is 7.05 Å². The smallest absolute Gasteiger partial charge is 0.334 e. The van der Waals surface area contributed by atoms with Crippen LogP contribution in [0.3, 0.4) is 0 Å². The molecule has 0 aromatic carbocycles. The Balaban J connectivity index is 1.81. The summed E-state index contributed by atoms with van der Waals surface area (Å²) in [5, 5.41) is 21.3. The number of allylic oxidation sites excluding steroid dienone is 2. The first-order chi connectivity index (χ1) is 13.7. The molecule has 5 rings (SSSR count). The van der Waals surface area contributed by atoms with Crippen molar-refractivity contribution in [3.8, 4) is 0 Å².